The Kier molecular flexibility index (Phi) is 7.35. The summed E-state index contributed by atoms with van der Waals surface area (Å²) in [5.41, 5.74) is 2.51. The van der Waals surface area contributed by atoms with Crippen LogP contribution in [0.3, 0.4) is 0 Å². The molecule has 0 saturated carbocycles. The minimum atomic E-state index is -3.38. The van der Waals surface area contributed by atoms with Gasteiger partial charge >= 0.3 is 0 Å². The predicted molar refractivity (Wildman–Crippen MR) is 111 cm³/mol. The van der Waals surface area contributed by atoms with E-state index in [9.17, 15) is 8.42 Å². The number of nitrogens with one attached hydrogen (secondary N) is 1. The van der Waals surface area contributed by atoms with Crippen molar-refractivity contribution in [2.45, 2.75) is 37.0 Å². The van der Waals surface area contributed by atoms with Crippen LogP contribution in [0.5, 0.6) is 0 Å². The van der Waals surface area contributed by atoms with Gasteiger partial charge in [-0.3, -0.25) is 0 Å². The van der Waals surface area contributed by atoms with Crippen molar-refractivity contribution in [3.05, 3.63) is 65.5 Å². The molecule has 3 aromatic rings. The lowest BCUT2D eigenvalue weighted by molar-refractivity contribution is 0.418. The standard InChI is InChI=1S/C20H23N3O3S.ClH/c1-14-4-10-18(11-5-14)27(24,25)13-16-6-8-17(9-7-16)20-22-19(23-26-20)12-15(2)21-3;/h4-11,15,21H,12-13H2,1-3H3;1H. The Morgan fingerprint density at radius 2 is 1.71 bits per heavy atom. The van der Waals surface area contributed by atoms with Crippen LogP contribution in [0.2, 0.25) is 0 Å². The molecule has 1 heterocycles. The first-order valence-electron chi connectivity index (χ1n) is 8.76. The summed E-state index contributed by atoms with van der Waals surface area (Å²) in [6, 6.07) is 14.3. The highest BCUT2D eigenvalue weighted by Crippen LogP contribution is 2.21. The fourth-order valence-electron chi connectivity index (χ4n) is 2.62. The molecule has 0 bridgehead atoms. The van der Waals surface area contributed by atoms with Crippen LogP contribution < -0.4 is 5.32 Å². The third-order valence-corrected chi connectivity index (χ3v) is 6.09. The quantitative estimate of drug-likeness (QED) is 0.627. The van der Waals surface area contributed by atoms with Gasteiger partial charge in [0.15, 0.2) is 15.7 Å². The fraction of sp³-hybridized carbons (Fsp3) is 0.300. The number of hydrogen-bond acceptors (Lipinski definition) is 6. The normalized spacial score (nSPS) is 12.4. The molecule has 0 aliphatic carbocycles. The van der Waals surface area contributed by atoms with Crippen LogP contribution in [0, 0.1) is 6.92 Å². The number of aromatic nitrogens is 2. The molecule has 8 heteroatoms. The van der Waals surface area contributed by atoms with Gasteiger partial charge in [0.25, 0.3) is 5.89 Å². The molecule has 0 spiro atoms. The lowest BCUT2D eigenvalue weighted by Crippen LogP contribution is -2.24. The van der Waals surface area contributed by atoms with E-state index in [1.54, 1.807) is 48.5 Å². The first kappa shape index (κ1) is 22.1. The Labute approximate surface area is 171 Å². The lowest BCUT2D eigenvalue weighted by Gasteiger charge is -2.06. The van der Waals surface area contributed by atoms with Crippen molar-refractivity contribution in [1.29, 1.82) is 0 Å². The highest BCUT2D eigenvalue weighted by Gasteiger charge is 2.16. The molecule has 3 rings (SSSR count). The van der Waals surface area contributed by atoms with Crippen molar-refractivity contribution in [1.82, 2.24) is 15.5 Å². The molecule has 2 aromatic carbocycles. The molecular weight excluding hydrogens is 398 g/mol. The zero-order valence-electron chi connectivity index (χ0n) is 16.0. The van der Waals surface area contributed by atoms with E-state index in [2.05, 4.69) is 15.5 Å². The summed E-state index contributed by atoms with van der Waals surface area (Å²) in [6.45, 7) is 3.97. The van der Waals surface area contributed by atoms with Gasteiger partial charge in [-0.2, -0.15) is 4.98 Å². The number of halogens is 1. The number of rotatable bonds is 7. The summed E-state index contributed by atoms with van der Waals surface area (Å²) in [5, 5.41) is 7.12. The van der Waals surface area contributed by atoms with Gasteiger partial charge in [-0.05, 0) is 50.7 Å². The van der Waals surface area contributed by atoms with Crippen molar-refractivity contribution in [2.75, 3.05) is 7.05 Å². The Morgan fingerprint density at radius 3 is 2.32 bits per heavy atom. The SMILES string of the molecule is CNC(C)Cc1noc(-c2ccc(CS(=O)(=O)c3ccc(C)cc3)cc2)n1.Cl. The molecule has 1 unspecified atom stereocenters. The summed E-state index contributed by atoms with van der Waals surface area (Å²) in [5.74, 6) is 1.02. The molecule has 0 aliphatic rings. The molecule has 0 amide bonds. The minimum absolute atomic E-state index is 0. The van der Waals surface area contributed by atoms with Crippen LogP contribution in [0.4, 0.5) is 0 Å². The Morgan fingerprint density at radius 1 is 1.07 bits per heavy atom. The van der Waals surface area contributed by atoms with E-state index in [4.69, 9.17) is 4.52 Å². The Balaban J connectivity index is 0.00000280. The number of aryl methyl sites for hydroxylation is 1. The number of benzene rings is 2. The topological polar surface area (TPSA) is 85.1 Å². The van der Waals surface area contributed by atoms with Crippen molar-refractivity contribution in [2.24, 2.45) is 0 Å². The second-order valence-electron chi connectivity index (χ2n) is 6.68. The van der Waals surface area contributed by atoms with E-state index in [1.165, 1.54) is 0 Å². The first-order chi connectivity index (χ1) is 12.9. The van der Waals surface area contributed by atoms with Gasteiger partial charge in [-0.15, -0.1) is 12.4 Å². The summed E-state index contributed by atoms with van der Waals surface area (Å²) in [6.07, 6.45) is 0.673. The van der Waals surface area contributed by atoms with Gasteiger partial charge in [0.05, 0.1) is 10.6 Å². The molecule has 1 aromatic heterocycles. The van der Waals surface area contributed by atoms with Crippen LogP contribution in [-0.2, 0) is 22.0 Å². The summed E-state index contributed by atoms with van der Waals surface area (Å²) in [7, 11) is -1.49. The van der Waals surface area contributed by atoms with Crippen LogP contribution in [0.15, 0.2) is 57.9 Å². The zero-order valence-corrected chi connectivity index (χ0v) is 17.7. The Bertz CT molecular complexity index is 1000. The highest BCUT2D eigenvalue weighted by atomic mass is 35.5. The van der Waals surface area contributed by atoms with Crippen molar-refractivity contribution < 1.29 is 12.9 Å². The lowest BCUT2D eigenvalue weighted by atomic mass is 10.1. The molecule has 0 fully saturated rings. The van der Waals surface area contributed by atoms with Gasteiger partial charge in [-0.1, -0.05) is 35.0 Å². The van der Waals surface area contributed by atoms with E-state index in [0.29, 0.717) is 28.6 Å². The van der Waals surface area contributed by atoms with Crippen LogP contribution in [0.1, 0.15) is 23.9 Å². The van der Waals surface area contributed by atoms with Gasteiger partial charge in [0.2, 0.25) is 0 Å². The molecule has 150 valence electrons. The largest absolute Gasteiger partial charge is 0.334 e. The van der Waals surface area contributed by atoms with E-state index in [0.717, 1.165) is 11.1 Å². The molecule has 28 heavy (non-hydrogen) atoms. The first-order valence-corrected chi connectivity index (χ1v) is 10.4. The van der Waals surface area contributed by atoms with Gasteiger partial charge in [-0.25, -0.2) is 8.42 Å². The average Bonchev–Trinajstić information content (AvgIpc) is 3.10. The van der Waals surface area contributed by atoms with E-state index < -0.39 is 9.84 Å². The van der Waals surface area contributed by atoms with Crippen molar-refractivity contribution >= 4 is 22.2 Å². The molecule has 0 aliphatic heterocycles. The van der Waals surface area contributed by atoms with Crippen LogP contribution in [-0.4, -0.2) is 31.6 Å². The monoisotopic (exact) mass is 421 g/mol. The smallest absolute Gasteiger partial charge is 0.257 e. The van der Waals surface area contributed by atoms with Crippen molar-refractivity contribution in [3.63, 3.8) is 0 Å². The van der Waals surface area contributed by atoms with E-state index in [1.807, 2.05) is 20.9 Å². The molecule has 0 saturated heterocycles. The highest BCUT2D eigenvalue weighted by molar-refractivity contribution is 7.90. The number of likely N-dealkylation sites (N-methyl/N-ethyl adjacent to an activating group) is 1. The second-order valence-corrected chi connectivity index (χ2v) is 8.67. The minimum Gasteiger partial charge on any atom is -0.334 e. The average molecular weight is 422 g/mol. The maximum absolute atomic E-state index is 12.6. The van der Waals surface area contributed by atoms with Gasteiger partial charge in [0, 0.05) is 18.0 Å². The summed E-state index contributed by atoms with van der Waals surface area (Å²) < 4.78 is 30.4. The number of nitrogens with zero attached hydrogens (tertiary/aromatic N) is 2. The van der Waals surface area contributed by atoms with Crippen LogP contribution in [0.25, 0.3) is 11.5 Å². The maximum Gasteiger partial charge on any atom is 0.257 e. The summed E-state index contributed by atoms with van der Waals surface area (Å²) >= 11 is 0. The van der Waals surface area contributed by atoms with E-state index >= 15 is 0 Å². The molecule has 0 radical (unpaired) electrons. The Hall–Kier alpha value is -2.22. The van der Waals surface area contributed by atoms with E-state index in [-0.39, 0.29) is 24.2 Å². The number of hydrogen-bond donors (Lipinski definition) is 1. The predicted octanol–water partition coefficient (Wildman–Crippen LogP) is 3.59. The summed E-state index contributed by atoms with van der Waals surface area (Å²) in [4.78, 5) is 4.72. The third-order valence-electron chi connectivity index (χ3n) is 4.39. The number of sulfone groups is 1. The van der Waals surface area contributed by atoms with Gasteiger partial charge in [0.1, 0.15) is 0 Å². The fourth-order valence-corrected chi connectivity index (χ4v) is 3.97. The third kappa shape index (κ3) is 5.41. The van der Waals surface area contributed by atoms with Crippen LogP contribution >= 0.6 is 12.4 Å². The maximum atomic E-state index is 12.6. The zero-order chi connectivity index (χ0) is 19.4. The molecule has 1 atom stereocenters. The second kappa shape index (κ2) is 9.32. The molecular formula is C20H24ClN3O3S. The molecule has 1 N–H and O–H groups in total. The van der Waals surface area contributed by atoms with Crippen molar-refractivity contribution in [3.8, 4) is 11.5 Å². The van der Waals surface area contributed by atoms with Gasteiger partial charge < -0.3 is 9.84 Å². The molecule has 6 nitrogen and oxygen atoms in total.